The van der Waals surface area contributed by atoms with Crippen molar-refractivity contribution in [2.75, 3.05) is 17.2 Å². The van der Waals surface area contributed by atoms with Crippen LogP contribution in [0.25, 0.3) is 11.1 Å². The van der Waals surface area contributed by atoms with E-state index >= 15 is 0 Å². The molecule has 1 fully saturated rings. The van der Waals surface area contributed by atoms with Crippen LogP contribution in [0.2, 0.25) is 5.02 Å². The lowest BCUT2D eigenvalue weighted by Crippen LogP contribution is -2.32. The zero-order chi connectivity index (χ0) is 25.4. The van der Waals surface area contributed by atoms with Crippen LogP contribution in [0.4, 0.5) is 20.2 Å². The molecule has 2 aliphatic rings. The van der Waals surface area contributed by atoms with Crippen LogP contribution in [0.1, 0.15) is 42.5 Å². The molecule has 1 aliphatic heterocycles. The molecule has 3 aromatic rings. The van der Waals surface area contributed by atoms with E-state index in [9.17, 15) is 22.9 Å². The fourth-order valence-corrected chi connectivity index (χ4v) is 7.34. The number of carboxylic acids is 1. The van der Waals surface area contributed by atoms with Crippen molar-refractivity contribution >= 4 is 39.7 Å². The highest BCUT2D eigenvalue weighted by Crippen LogP contribution is 2.44. The van der Waals surface area contributed by atoms with Crippen LogP contribution < -0.4 is 4.90 Å². The fourth-order valence-electron chi connectivity index (χ4n) is 5.47. The largest absolute Gasteiger partial charge is 0.478 e. The smallest absolute Gasteiger partial charge is 0.338 e. The molecule has 0 amide bonds. The number of hydrogen-bond acceptors (Lipinski definition) is 3. The molecule has 188 valence electrons. The molecule has 1 N–H and O–H groups in total. The van der Waals surface area contributed by atoms with Gasteiger partial charge in [-0.15, -0.1) is 0 Å². The lowest BCUT2D eigenvalue weighted by molar-refractivity contribution is 0.0690. The minimum absolute atomic E-state index is 0.121. The third-order valence-corrected chi connectivity index (χ3v) is 9.18. The van der Waals surface area contributed by atoms with Crippen molar-refractivity contribution in [1.82, 2.24) is 0 Å². The molecule has 0 aromatic heterocycles. The summed E-state index contributed by atoms with van der Waals surface area (Å²) in [6.45, 7) is 0.706. The lowest BCUT2D eigenvalue weighted by atomic mass is 9.80. The molecule has 2 atom stereocenters. The fraction of sp³-hybridized carbons (Fsp3) is 0.321. The Morgan fingerprint density at radius 2 is 1.72 bits per heavy atom. The second-order valence-corrected chi connectivity index (χ2v) is 11.4. The zero-order valence-corrected chi connectivity index (χ0v) is 21.1. The van der Waals surface area contributed by atoms with Crippen molar-refractivity contribution in [1.29, 1.82) is 0 Å². The number of para-hydroxylation sites is 1. The number of rotatable bonds is 4. The highest BCUT2D eigenvalue weighted by Gasteiger charge is 2.33. The maximum Gasteiger partial charge on any atom is 0.338 e. The summed E-state index contributed by atoms with van der Waals surface area (Å²) in [4.78, 5) is 14.2. The van der Waals surface area contributed by atoms with Gasteiger partial charge in [-0.1, -0.05) is 61.9 Å². The number of anilines is 2. The number of nitrogens with zero attached hydrogens (tertiary/aromatic N) is 1. The van der Waals surface area contributed by atoms with Gasteiger partial charge in [-0.25, -0.2) is 13.6 Å². The summed E-state index contributed by atoms with van der Waals surface area (Å²) in [6, 6.07) is 15.2. The summed E-state index contributed by atoms with van der Waals surface area (Å²) in [6.07, 6.45) is 5.86. The topological polar surface area (TPSA) is 57.6 Å². The predicted molar refractivity (Wildman–Crippen MR) is 139 cm³/mol. The van der Waals surface area contributed by atoms with Crippen LogP contribution in [-0.2, 0) is 10.8 Å². The third-order valence-electron chi connectivity index (χ3n) is 7.32. The summed E-state index contributed by atoms with van der Waals surface area (Å²) in [7, 11) is -1.36. The van der Waals surface area contributed by atoms with Gasteiger partial charge in [0.15, 0.2) is 11.6 Å². The Kier molecular flexibility index (Phi) is 7.13. The van der Waals surface area contributed by atoms with Crippen LogP contribution in [0.5, 0.6) is 0 Å². The molecule has 5 rings (SSSR count). The molecule has 1 heterocycles. The lowest BCUT2D eigenvalue weighted by Gasteiger charge is -2.33. The maximum absolute atomic E-state index is 14.3. The monoisotopic (exact) mass is 529 g/mol. The molecule has 0 spiro atoms. The molecule has 0 saturated heterocycles. The molecule has 0 radical (unpaired) electrons. The minimum Gasteiger partial charge on any atom is -0.478 e. The zero-order valence-electron chi connectivity index (χ0n) is 19.6. The summed E-state index contributed by atoms with van der Waals surface area (Å²) < 4.78 is 42.1. The Bertz CT molecular complexity index is 1330. The van der Waals surface area contributed by atoms with Crippen molar-refractivity contribution in [2.45, 2.75) is 37.0 Å². The van der Waals surface area contributed by atoms with E-state index in [2.05, 4.69) is 4.90 Å². The first-order valence-electron chi connectivity index (χ1n) is 12.1. The molecule has 8 heteroatoms. The first-order valence-corrected chi connectivity index (χ1v) is 13.8. The molecule has 1 saturated carbocycles. The normalized spacial score (nSPS) is 20.6. The van der Waals surface area contributed by atoms with Crippen LogP contribution in [0.3, 0.4) is 0 Å². The van der Waals surface area contributed by atoms with Crippen molar-refractivity contribution in [2.24, 2.45) is 11.8 Å². The molecular weight excluding hydrogens is 504 g/mol. The highest BCUT2D eigenvalue weighted by molar-refractivity contribution is 7.85. The average Bonchev–Trinajstić information content (AvgIpc) is 3.02. The number of carbonyl (C=O) groups is 1. The molecule has 0 bridgehead atoms. The Morgan fingerprint density at radius 1 is 1.00 bits per heavy atom. The van der Waals surface area contributed by atoms with Gasteiger partial charge in [0, 0.05) is 23.5 Å². The van der Waals surface area contributed by atoms with Crippen LogP contribution in [0.15, 0.2) is 59.5 Å². The van der Waals surface area contributed by atoms with Gasteiger partial charge in [-0.3, -0.25) is 4.21 Å². The molecule has 3 aromatic carbocycles. The van der Waals surface area contributed by atoms with E-state index in [1.54, 1.807) is 12.1 Å². The molecule has 4 nitrogen and oxygen atoms in total. The third kappa shape index (κ3) is 4.78. The number of hydrogen-bond donors (Lipinski definition) is 1. The number of fused-ring (bicyclic) bond motifs is 1. The first kappa shape index (κ1) is 24.9. The van der Waals surface area contributed by atoms with Gasteiger partial charge >= 0.3 is 5.97 Å². The Morgan fingerprint density at radius 3 is 2.42 bits per heavy atom. The van der Waals surface area contributed by atoms with E-state index in [0.717, 1.165) is 30.7 Å². The van der Waals surface area contributed by atoms with Gasteiger partial charge < -0.3 is 10.0 Å². The number of carboxylic acid groups (broad SMARTS) is 1. The second-order valence-electron chi connectivity index (χ2n) is 9.54. The average molecular weight is 530 g/mol. The van der Waals surface area contributed by atoms with Crippen molar-refractivity contribution in [3.8, 4) is 11.1 Å². The van der Waals surface area contributed by atoms with Crippen molar-refractivity contribution < 1.29 is 22.9 Å². The second kappa shape index (κ2) is 10.3. The maximum atomic E-state index is 14.3. The van der Waals surface area contributed by atoms with Gasteiger partial charge in [0.2, 0.25) is 0 Å². The SMILES string of the molecule is O=C(O)c1cc(-c2cc3c(cc2Cl)N(c2ccccc2)CC(C2CCCCC2)CS3=O)cc(F)c1F. The molecule has 36 heavy (non-hydrogen) atoms. The number of benzene rings is 3. The van der Waals surface area contributed by atoms with Crippen molar-refractivity contribution in [3.63, 3.8) is 0 Å². The van der Waals surface area contributed by atoms with E-state index in [4.69, 9.17) is 11.6 Å². The molecule has 2 unspecified atom stereocenters. The van der Waals surface area contributed by atoms with Crippen LogP contribution in [-0.4, -0.2) is 27.6 Å². The highest BCUT2D eigenvalue weighted by atomic mass is 35.5. The van der Waals surface area contributed by atoms with Crippen LogP contribution in [0, 0.1) is 23.5 Å². The molecular formula is C28H26ClF2NO3S. The van der Waals surface area contributed by atoms with E-state index in [1.807, 2.05) is 30.3 Å². The molecule has 1 aliphatic carbocycles. The predicted octanol–water partition coefficient (Wildman–Crippen LogP) is 7.44. The Labute approximate surface area is 216 Å². The van der Waals surface area contributed by atoms with E-state index in [1.165, 1.54) is 19.3 Å². The van der Waals surface area contributed by atoms with Crippen molar-refractivity contribution in [3.05, 3.63) is 76.8 Å². The standard InChI is InChI=1S/C28H26ClF2NO3S/c29-23-14-25-26(13-21(23)18-11-22(28(33)34)27(31)24(30)12-18)36(35)16-19(17-7-3-1-4-8-17)15-32(25)20-9-5-2-6-10-20/h2,5-6,9-14,17,19H,1,3-4,7-8,15-16H2,(H,33,34). The summed E-state index contributed by atoms with van der Waals surface area (Å²) >= 11 is 6.67. The number of halogens is 3. The summed E-state index contributed by atoms with van der Waals surface area (Å²) in [5, 5.41) is 9.56. The Hall–Kier alpha value is -2.77. The summed E-state index contributed by atoms with van der Waals surface area (Å²) in [5.41, 5.74) is 1.33. The minimum atomic E-state index is -1.58. The van der Waals surface area contributed by atoms with Gasteiger partial charge in [0.1, 0.15) is 0 Å². The summed E-state index contributed by atoms with van der Waals surface area (Å²) in [5.74, 6) is -3.06. The Balaban J connectivity index is 1.64. The van der Waals surface area contributed by atoms with Gasteiger partial charge in [-0.05, 0) is 53.8 Å². The van der Waals surface area contributed by atoms with Crippen LogP contribution >= 0.6 is 11.6 Å². The number of aromatic carboxylic acids is 1. The van der Waals surface area contributed by atoms with Gasteiger partial charge in [0.25, 0.3) is 0 Å². The quantitative estimate of drug-likeness (QED) is 0.381. The first-order chi connectivity index (χ1) is 17.3. The van der Waals surface area contributed by atoms with Gasteiger partial charge in [0.05, 0.1) is 32.0 Å². The van der Waals surface area contributed by atoms with Gasteiger partial charge in [-0.2, -0.15) is 0 Å². The van der Waals surface area contributed by atoms with E-state index < -0.39 is 34.0 Å². The van der Waals surface area contributed by atoms with E-state index in [-0.39, 0.29) is 16.5 Å². The van der Waals surface area contributed by atoms with E-state index in [0.29, 0.717) is 34.4 Å².